The van der Waals surface area contributed by atoms with Gasteiger partial charge in [0.1, 0.15) is 10.7 Å². The van der Waals surface area contributed by atoms with Crippen LogP contribution in [-0.4, -0.2) is 29.7 Å². The molecule has 0 saturated heterocycles. The predicted octanol–water partition coefficient (Wildman–Crippen LogP) is 2.37. The SMILES string of the molecule is Nc1nc(NC2CCC2)sc1C(=O)NCCC(F)(F)F. The van der Waals surface area contributed by atoms with Crippen LogP contribution in [0.15, 0.2) is 0 Å². The Morgan fingerprint density at radius 2 is 2.15 bits per heavy atom. The Balaban J connectivity index is 1.88. The lowest BCUT2D eigenvalue weighted by Gasteiger charge is -2.25. The summed E-state index contributed by atoms with van der Waals surface area (Å²) < 4.78 is 36.0. The quantitative estimate of drug-likeness (QED) is 0.780. The van der Waals surface area contributed by atoms with Gasteiger partial charge in [0.25, 0.3) is 5.91 Å². The Bertz CT molecular complexity index is 485. The number of hydrogen-bond donors (Lipinski definition) is 3. The molecule has 0 atom stereocenters. The number of rotatable bonds is 5. The molecule has 0 bridgehead atoms. The van der Waals surface area contributed by atoms with E-state index in [1.807, 2.05) is 0 Å². The standard InChI is InChI=1S/C11H15F3N4OS/c12-11(13,14)4-5-16-9(19)7-8(15)18-10(20-7)17-6-2-1-3-6/h6H,1-5,15H2,(H,16,19)(H,17,18). The number of nitrogens with two attached hydrogens (primary N) is 1. The molecule has 0 aromatic carbocycles. The highest BCUT2D eigenvalue weighted by Crippen LogP contribution is 2.29. The molecule has 1 heterocycles. The molecule has 1 aromatic heterocycles. The first-order valence-corrected chi connectivity index (χ1v) is 7.04. The number of nitrogens with zero attached hydrogens (tertiary/aromatic N) is 1. The van der Waals surface area contributed by atoms with Crippen LogP contribution in [0.4, 0.5) is 24.1 Å². The minimum absolute atomic E-state index is 0.0429. The van der Waals surface area contributed by atoms with Crippen molar-refractivity contribution in [1.29, 1.82) is 0 Å². The molecule has 1 aliphatic carbocycles. The number of thiazole rings is 1. The van der Waals surface area contributed by atoms with E-state index in [9.17, 15) is 18.0 Å². The minimum Gasteiger partial charge on any atom is -0.382 e. The molecular weight excluding hydrogens is 293 g/mol. The highest BCUT2D eigenvalue weighted by molar-refractivity contribution is 7.18. The first-order valence-electron chi connectivity index (χ1n) is 6.23. The topological polar surface area (TPSA) is 80.0 Å². The van der Waals surface area contributed by atoms with Crippen LogP contribution in [0.25, 0.3) is 0 Å². The molecule has 112 valence electrons. The number of nitrogen functional groups attached to an aromatic ring is 1. The molecule has 1 aliphatic rings. The maximum absolute atomic E-state index is 12.0. The lowest BCUT2D eigenvalue weighted by atomic mass is 9.93. The van der Waals surface area contributed by atoms with Crippen molar-refractivity contribution in [2.45, 2.75) is 37.9 Å². The lowest BCUT2D eigenvalue weighted by molar-refractivity contribution is -0.132. The summed E-state index contributed by atoms with van der Waals surface area (Å²) in [5, 5.41) is 5.87. The van der Waals surface area contributed by atoms with E-state index >= 15 is 0 Å². The number of aromatic nitrogens is 1. The van der Waals surface area contributed by atoms with Gasteiger partial charge in [-0.25, -0.2) is 4.98 Å². The molecule has 1 aromatic rings. The van der Waals surface area contributed by atoms with Crippen molar-refractivity contribution < 1.29 is 18.0 Å². The van der Waals surface area contributed by atoms with Crippen molar-refractivity contribution in [3.05, 3.63) is 4.88 Å². The number of nitrogens with one attached hydrogen (secondary N) is 2. The number of carbonyl (C=O) groups is 1. The van der Waals surface area contributed by atoms with Gasteiger partial charge in [-0.05, 0) is 19.3 Å². The van der Waals surface area contributed by atoms with Crippen LogP contribution in [-0.2, 0) is 0 Å². The number of halogens is 3. The van der Waals surface area contributed by atoms with Crippen LogP contribution in [0.1, 0.15) is 35.4 Å². The smallest absolute Gasteiger partial charge is 0.382 e. The average Bonchev–Trinajstić information content (AvgIpc) is 2.63. The molecule has 2 rings (SSSR count). The van der Waals surface area contributed by atoms with Crippen molar-refractivity contribution in [1.82, 2.24) is 10.3 Å². The van der Waals surface area contributed by atoms with Crippen molar-refractivity contribution >= 4 is 28.2 Å². The van der Waals surface area contributed by atoms with Crippen molar-refractivity contribution in [3.63, 3.8) is 0 Å². The van der Waals surface area contributed by atoms with Gasteiger partial charge in [0.15, 0.2) is 5.13 Å². The third-order valence-corrected chi connectivity index (χ3v) is 3.99. The van der Waals surface area contributed by atoms with E-state index in [0.717, 1.165) is 30.6 Å². The fourth-order valence-corrected chi connectivity index (χ4v) is 2.56. The highest BCUT2D eigenvalue weighted by atomic mass is 32.1. The van der Waals surface area contributed by atoms with Gasteiger partial charge in [-0.3, -0.25) is 4.79 Å². The molecule has 0 radical (unpaired) electrons. The molecule has 0 aliphatic heterocycles. The number of amides is 1. The first-order chi connectivity index (χ1) is 9.35. The lowest BCUT2D eigenvalue weighted by Crippen LogP contribution is -2.27. The Kier molecular flexibility index (Phi) is 4.36. The summed E-state index contributed by atoms with van der Waals surface area (Å²) in [6, 6.07) is 0.349. The van der Waals surface area contributed by atoms with Gasteiger partial charge in [0.05, 0.1) is 6.42 Å². The molecule has 0 unspecified atom stereocenters. The molecule has 0 spiro atoms. The summed E-state index contributed by atoms with van der Waals surface area (Å²) in [5.41, 5.74) is 5.61. The van der Waals surface area contributed by atoms with E-state index in [2.05, 4.69) is 15.6 Å². The number of anilines is 2. The summed E-state index contributed by atoms with van der Waals surface area (Å²) in [6.45, 7) is -0.467. The second-order valence-corrected chi connectivity index (χ2v) is 5.63. The fraction of sp³-hybridized carbons (Fsp3) is 0.636. The third kappa shape index (κ3) is 3.99. The number of alkyl halides is 3. The Hall–Kier alpha value is -1.51. The highest BCUT2D eigenvalue weighted by Gasteiger charge is 2.27. The van der Waals surface area contributed by atoms with Crippen molar-refractivity contribution in [2.75, 3.05) is 17.6 Å². The molecule has 5 nitrogen and oxygen atoms in total. The van der Waals surface area contributed by atoms with Crippen LogP contribution < -0.4 is 16.4 Å². The zero-order valence-corrected chi connectivity index (χ0v) is 11.4. The van der Waals surface area contributed by atoms with Gasteiger partial charge in [0.2, 0.25) is 0 Å². The Labute approximate surface area is 117 Å². The van der Waals surface area contributed by atoms with E-state index in [1.54, 1.807) is 0 Å². The van der Waals surface area contributed by atoms with Crippen LogP contribution in [0.2, 0.25) is 0 Å². The summed E-state index contributed by atoms with van der Waals surface area (Å²) in [4.78, 5) is 15.9. The predicted molar refractivity (Wildman–Crippen MR) is 70.8 cm³/mol. The maximum atomic E-state index is 12.0. The van der Waals surface area contributed by atoms with Crippen LogP contribution in [0.3, 0.4) is 0 Å². The van der Waals surface area contributed by atoms with E-state index in [-0.39, 0.29) is 10.7 Å². The largest absolute Gasteiger partial charge is 0.390 e. The van der Waals surface area contributed by atoms with Gasteiger partial charge in [-0.2, -0.15) is 13.2 Å². The van der Waals surface area contributed by atoms with E-state index < -0.39 is 25.0 Å². The first kappa shape index (κ1) is 14.9. The van der Waals surface area contributed by atoms with E-state index in [4.69, 9.17) is 5.73 Å². The third-order valence-electron chi connectivity index (χ3n) is 2.99. The van der Waals surface area contributed by atoms with Gasteiger partial charge in [-0.1, -0.05) is 11.3 Å². The zero-order chi connectivity index (χ0) is 14.8. The molecular formula is C11H15F3N4OS. The monoisotopic (exact) mass is 308 g/mol. The molecule has 4 N–H and O–H groups in total. The van der Waals surface area contributed by atoms with Crippen LogP contribution in [0.5, 0.6) is 0 Å². The second-order valence-electron chi connectivity index (χ2n) is 4.63. The van der Waals surface area contributed by atoms with Gasteiger partial charge in [0, 0.05) is 12.6 Å². The Morgan fingerprint density at radius 3 is 2.70 bits per heavy atom. The Morgan fingerprint density at radius 1 is 1.45 bits per heavy atom. The van der Waals surface area contributed by atoms with Crippen LogP contribution in [0, 0.1) is 0 Å². The molecule has 9 heteroatoms. The van der Waals surface area contributed by atoms with Crippen molar-refractivity contribution in [2.24, 2.45) is 0 Å². The average molecular weight is 308 g/mol. The normalized spacial score (nSPS) is 15.8. The van der Waals surface area contributed by atoms with Crippen LogP contribution >= 0.6 is 11.3 Å². The molecule has 1 saturated carbocycles. The van der Waals surface area contributed by atoms with E-state index in [1.165, 1.54) is 0 Å². The maximum Gasteiger partial charge on any atom is 0.390 e. The molecule has 1 amide bonds. The second kappa shape index (κ2) is 5.86. The molecule has 20 heavy (non-hydrogen) atoms. The fourth-order valence-electron chi connectivity index (χ4n) is 1.68. The van der Waals surface area contributed by atoms with Crippen molar-refractivity contribution in [3.8, 4) is 0 Å². The summed E-state index contributed by atoms with van der Waals surface area (Å²) in [7, 11) is 0. The van der Waals surface area contributed by atoms with Gasteiger partial charge >= 0.3 is 6.18 Å². The van der Waals surface area contributed by atoms with Gasteiger partial charge < -0.3 is 16.4 Å². The zero-order valence-electron chi connectivity index (χ0n) is 10.6. The summed E-state index contributed by atoms with van der Waals surface area (Å²) in [6.07, 6.45) is -2.10. The van der Waals surface area contributed by atoms with Gasteiger partial charge in [-0.15, -0.1) is 0 Å². The molecule has 1 fully saturated rings. The number of carbonyl (C=O) groups excluding carboxylic acids is 1. The minimum atomic E-state index is -4.29. The summed E-state index contributed by atoms with van der Waals surface area (Å²) >= 11 is 1.06. The summed E-state index contributed by atoms with van der Waals surface area (Å²) in [5.74, 6) is -0.577. The van der Waals surface area contributed by atoms with E-state index in [0.29, 0.717) is 11.2 Å². The number of hydrogen-bond acceptors (Lipinski definition) is 5.